The number of hydrogen-bond acceptors (Lipinski definition) is 6. The average molecular weight is 483 g/mol. The molecule has 4 aromatic rings. The summed E-state index contributed by atoms with van der Waals surface area (Å²) >= 11 is 0. The summed E-state index contributed by atoms with van der Waals surface area (Å²) in [6, 6.07) is 11.0. The van der Waals surface area contributed by atoms with Gasteiger partial charge >= 0.3 is 12.1 Å². The maximum atomic E-state index is 13.4. The Hall–Kier alpha value is -4.28. The van der Waals surface area contributed by atoms with E-state index in [0.29, 0.717) is 22.6 Å². The van der Waals surface area contributed by atoms with Crippen LogP contribution in [0.25, 0.3) is 28.2 Å². The molecule has 180 valence electrons. The summed E-state index contributed by atoms with van der Waals surface area (Å²) in [4.78, 5) is 31.7. The molecule has 35 heavy (non-hydrogen) atoms. The number of anilines is 1. The summed E-state index contributed by atoms with van der Waals surface area (Å²) in [6.07, 6.45) is -2.37. The van der Waals surface area contributed by atoms with Gasteiger partial charge in [-0.3, -0.25) is 14.6 Å². The number of amides is 1. The molecular formula is C24H20F3N5O3. The fourth-order valence-electron chi connectivity index (χ4n) is 3.46. The van der Waals surface area contributed by atoms with Gasteiger partial charge in [0.15, 0.2) is 11.3 Å². The van der Waals surface area contributed by atoms with E-state index in [1.165, 1.54) is 22.7 Å². The van der Waals surface area contributed by atoms with Crippen LogP contribution in [0.15, 0.2) is 54.9 Å². The first-order chi connectivity index (χ1) is 16.7. The molecule has 3 heterocycles. The van der Waals surface area contributed by atoms with Crippen molar-refractivity contribution in [1.29, 1.82) is 0 Å². The second kappa shape index (κ2) is 9.53. The van der Waals surface area contributed by atoms with Gasteiger partial charge in [0, 0.05) is 23.0 Å². The first-order valence-electron chi connectivity index (χ1n) is 10.6. The van der Waals surface area contributed by atoms with E-state index in [4.69, 9.17) is 4.74 Å². The molecule has 1 aromatic carbocycles. The number of imidazole rings is 1. The minimum Gasteiger partial charge on any atom is -0.466 e. The number of carbonyl (C=O) groups is 2. The molecule has 4 rings (SSSR count). The Morgan fingerprint density at radius 3 is 2.66 bits per heavy atom. The van der Waals surface area contributed by atoms with Gasteiger partial charge in [-0.15, -0.1) is 0 Å². The van der Waals surface area contributed by atoms with Gasteiger partial charge in [0.25, 0.3) is 0 Å². The van der Waals surface area contributed by atoms with E-state index in [9.17, 15) is 22.8 Å². The Balaban J connectivity index is 1.64. The van der Waals surface area contributed by atoms with Crippen LogP contribution >= 0.6 is 0 Å². The number of halogens is 3. The summed E-state index contributed by atoms with van der Waals surface area (Å²) in [5.74, 6) is -1.13. The molecule has 1 N–H and O–H groups in total. The third-order valence-electron chi connectivity index (χ3n) is 5.09. The molecule has 0 aliphatic heterocycles. The minimum absolute atomic E-state index is 0.0951. The number of carbonyl (C=O) groups excluding carboxylic acids is 2. The fraction of sp³-hybridized carbons (Fsp3) is 0.208. The number of rotatable bonds is 6. The Morgan fingerprint density at radius 2 is 1.91 bits per heavy atom. The normalized spacial score (nSPS) is 11.5. The lowest BCUT2D eigenvalue weighted by Crippen LogP contribution is -2.18. The highest BCUT2D eigenvalue weighted by molar-refractivity contribution is 6.02. The van der Waals surface area contributed by atoms with Crippen molar-refractivity contribution in [2.24, 2.45) is 0 Å². The highest BCUT2D eigenvalue weighted by atomic mass is 19.4. The summed E-state index contributed by atoms with van der Waals surface area (Å²) < 4.78 is 46.3. The molecule has 0 radical (unpaired) electrons. The predicted octanol–water partition coefficient (Wildman–Crippen LogP) is 4.68. The van der Waals surface area contributed by atoms with Crippen LogP contribution in [0.2, 0.25) is 0 Å². The van der Waals surface area contributed by atoms with Gasteiger partial charge in [0.2, 0.25) is 5.91 Å². The molecule has 3 aromatic heterocycles. The predicted molar refractivity (Wildman–Crippen MR) is 121 cm³/mol. The van der Waals surface area contributed by atoms with E-state index in [-0.39, 0.29) is 17.9 Å². The second-order valence-electron chi connectivity index (χ2n) is 7.60. The lowest BCUT2D eigenvalue weighted by Gasteiger charge is -2.10. The number of pyridine rings is 1. The number of alkyl halides is 3. The number of esters is 1. The maximum Gasteiger partial charge on any atom is 0.434 e. The van der Waals surface area contributed by atoms with Crippen molar-refractivity contribution in [2.75, 3.05) is 11.9 Å². The molecule has 8 nitrogen and oxygen atoms in total. The molecule has 0 spiro atoms. The summed E-state index contributed by atoms with van der Waals surface area (Å²) in [5.41, 5.74) is 1.77. The van der Waals surface area contributed by atoms with E-state index in [0.717, 1.165) is 11.8 Å². The topological polar surface area (TPSA) is 98.5 Å². The van der Waals surface area contributed by atoms with Crippen LogP contribution in [-0.4, -0.2) is 38.1 Å². The molecule has 1 amide bonds. The van der Waals surface area contributed by atoms with E-state index < -0.39 is 30.2 Å². The number of aromatic nitrogens is 4. The lowest BCUT2D eigenvalue weighted by atomic mass is 10.1. The van der Waals surface area contributed by atoms with Crippen molar-refractivity contribution in [3.63, 3.8) is 0 Å². The number of aryl methyl sites for hydroxylation is 1. The van der Waals surface area contributed by atoms with Crippen LogP contribution in [0.1, 0.15) is 24.6 Å². The fourth-order valence-corrected chi connectivity index (χ4v) is 3.46. The summed E-state index contributed by atoms with van der Waals surface area (Å²) in [6.45, 7) is 3.64. The van der Waals surface area contributed by atoms with Crippen molar-refractivity contribution in [3.8, 4) is 22.5 Å². The number of fused-ring (bicyclic) bond motifs is 1. The molecule has 0 unspecified atom stereocenters. The molecule has 0 fully saturated rings. The Labute approximate surface area is 197 Å². The summed E-state index contributed by atoms with van der Waals surface area (Å²) in [5, 5.41) is 6.99. The SMILES string of the molecule is CCOC(=O)CC(=O)Nc1cc(-c2cn3nc(-c4cccnc4C(F)(F)F)ccc3n2)ccc1C. The highest BCUT2D eigenvalue weighted by Crippen LogP contribution is 2.34. The average Bonchev–Trinajstić information content (AvgIpc) is 3.23. The Bertz CT molecular complexity index is 1420. The zero-order valence-electron chi connectivity index (χ0n) is 18.8. The van der Waals surface area contributed by atoms with E-state index in [2.05, 4.69) is 20.4 Å². The molecule has 0 aliphatic carbocycles. The van der Waals surface area contributed by atoms with Crippen LogP contribution < -0.4 is 5.32 Å². The number of hydrogen-bond donors (Lipinski definition) is 1. The zero-order valence-corrected chi connectivity index (χ0v) is 18.8. The number of ether oxygens (including phenoxy) is 1. The Kier molecular flexibility index (Phi) is 6.50. The molecule has 0 aliphatic rings. The third kappa shape index (κ3) is 5.29. The maximum absolute atomic E-state index is 13.4. The van der Waals surface area contributed by atoms with Gasteiger partial charge in [-0.25, -0.2) is 9.50 Å². The monoisotopic (exact) mass is 483 g/mol. The largest absolute Gasteiger partial charge is 0.466 e. The molecule has 0 bridgehead atoms. The number of benzene rings is 1. The first kappa shape index (κ1) is 23.9. The molecular weight excluding hydrogens is 463 g/mol. The minimum atomic E-state index is -4.62. The standard InChI is InChI=1S/C24H20F3N5O3/c1-3-35-22(34)12-21(33)30-18-11-15(7-6-14(18)2)19-13-32-20(29-19)9-8-17(31-32)16-5-4-10-28-23(16)24(25,26)27/h4-11,13H,3,12H2,1-2H3,(H,30,33). The third-order valence-corrected chi connectivity index (χ3v) is 5.09. The lowest BCUT2D eigenvalue weighted by molar-refractivity contribution is -0.145. The quantitative estimate of drug-likeness (QED) is 0.316. The second-order valence-corrected chi connectivity index (χ2v) is 7.60. The molecule has 0 atom stereocenters. The van der Waals surface area contributed by atoms with Crippen molar-refractivity contribution < 1.29 is 27.5 Å². The van der Waals surface area contributed by atoms with Crippen LogP contribution in [0.5, 0.6) is 0 Å². The highest BCUT2D eigenvalue weighted by Gasteiger charge is 2.35. The van der Waals surface area contributed by atoms with Gasteiger partial charge in [0.1, 0.15) is 6.42 Å². The van der Waals surface area contributed by atoms with Gasteiger partial charge < -0.3 is 10.1 Å². The Morgan fingerprint density at radius 1 is 1.11 bits per heavy atom. The zero-order chi connectivity index (χ0) is 25.2. The first-order valence-corrected chi connectivity index (χ1v) is 10.6. The van der Waals surface area contributed by atoms with Crippen LogP contribution in [0, 0.1) is 6.92 Å². The molecule has 11 heteroatoms. The van der Waals surface area contributed by atoms with Crippen LogP contribution in [-0.2, 0) is 20.5 Å². The van der Waals surface area contributed by atoms with Gasteiger partial charge in [-0.05, 0) is 49.7 Å². The van der Waals surface area contributed by atoms with E-state index >= 15 is 0 Å². The molecule has 0 saturated heterocycles. The van der Waals surface area contributed by atoms with Gasteiger partial charge in [-0.1, -0.05) is 12.1 Å². The van der Waals surface area contributed by atoms with Crippen molar-refractivity contribution >= 4 is 23.2 Å². The van der Waals surface area contributed by atoms with Crippen molar-refractivity contribution in [2.45, 2.75) is 26.4 Å². The smallest absolute Gasteiger partial charge is 0.434 e. The van der Waals surface area contributed by atoms with E-state index in [1.54, 1.807) is 44.3 Å². The van der Waals surface area contributed by atoms with Crippen molar-refractivity contribution in [3.05, 3.63) is 66.1 Å². The summed E-state index contributed by atoms with van der Waals surface area (Å²) in [7, 11) is 0. The number of nitrogens with one attached hydrogen (secondary N) is 1. The van der Waals surface area contributed by atoms with Crippen LogP contribution in [0.3, 0.4) is 0 Å². The molecule has 0 saturated carbocycles. The number of nitrogens with zero attached hydrogens (tertiary/aromatic N) is 4. The van der Waals surface area contributed by atoms with Gasteiger partial charge in [-0.2, -0.15) is 18.3 Å². The van der Waals surface area contributed by atoms with Crippen LogP contribution in [0.4, 0.5) is 18.9 Å². The van der Waals surface area contributed by atoms with Gasteiger partial charge in [0.05, 0.1) is 24.2 Å². The van der Waals surface area contributed by atoms with Crippen molar-refractivity contribution in [1.82, 2.24) is 19.6 Å². The van der Waals surface area contributed by atoms with E-state index in [1.807, 2.05) is 0 Å².